The number of carboxylic acid groups (broad SMARTS) is 1. The van der Waals surface area contributed by atoms with Crippen molar-refractivity contribution in [1.29, 1.82) is 0 Å². The summed E-state index contributed by atoms with van der Waals surface area (Å²) in [5.41, 5.74) is 0. The molecule has 1 unspecified atom stereocenters. The summed E-state index contributed by atoms with van der Waals surface area (Å²) in [6.07, 6.45) is 20.7. The van der Waals surface area contributed by atoms with Crippen LogP contribution < -0.4 is 0 Å². The van der Waals surface area contributed by atoms with Crippen molar-refractivity contribution >= 4 is 5.97 Å². The van der Waals surface area contributed by atoms with Crippen LogP contribution in [0.3, 0.4) is 0 Å². The van der Waals surface area contributed by atoms with E-state index in [9.17, 15) is 9.90 Å². The third-order valence-corrected chi connectivity index (χ3v) is 2.83. The summed E-state index contributed by atoms with van der Waals surface area (Å²) in [5.74, 6) is -0.777. The van der Waals surface area contributed by atoms with Crippen molar-refractivity contribution in [2.45, 2.75) is 58.0 Å². The second-order valence-corrected chi connectivity index (χ2v) is 4.84. The number of aliphatic hydroxyl groups is 1. The van der Waals surface area contributed by atoms with Gasteiger partial charge in [0.1, 0.15) is 0 Å². The second-order valence-electron chi connectivity index (χ2n) is 4.84. The number of unbranched alkanes of at least 4 members (excludes halogenated alkanes) is 1. The van der Waals surface area contributed by atoms with Gasteiger partial charge in [0.25, 0.3) is 0 Å². The first-order valence-electron chi connectivity index (χ1n) is 7.70. The smallest absolute Gasteiger partial charge is 0.303 e. The highest BCUT2D eigenvalue weighted by molar-refractivity contribution is 5.66. The topological polar surface area (TPSA) is 57.5 Å². The molecule has 21 heavy (non-hydrogen) atoms. The Morgan fingerprint density at radius 1 is 1.00 bits per heavy atom. The fourth-order valence-electron chi connectivity index (χ4n) is 1.69. The van der Waals surface area contributed by atoms with E-state index in [0.29, 0.717) is 12.8 Å². The quantitative estimate of drug-likeness (QED) is 0.318. The van der Waals surface area contributed by atoms with Crippen LogP contribution in [0.1, 0.15) is 51.9 Å². The first-order valence-corrected chi connectivity index (χ1v) is 7.70. The molecule has 2 N–H and O–H groups in total. The van der Waals surface area contributed by atoms with Gasteiger partial charge in [-0.2, -0.15) is 0 Å². The Morgan fingerprint density at radius 2 is 1.67 bits per heavy atom. The molecule has 0 aromatic rings. The summed E-state index contributed by atoms with van der Waals surface area (Å²) in [5, 5.41) is 18.1. The highest BCUT2D eigenvalue weighted by atomic mass is 16.4. The molecule has 0 saturated carbocycles. The van der Waals surface area contributed by atoms with Gasteiger partial charge in [-0.3, -0.25) is 4.79 Å². The number of carboxylic acids is 1. The third-order valence-electron chi connectivity index (χ3n) is 2.83. The van der Waals surface area contributed by atoms with Crippen LogP contribution in [0.25, 0.3) is 0 Å². The number of hydrogen-bond acceptors (Lipinski definition) is 2. The van der Waals surface area contributed by atoms with E-state index in [1.165, 1.54) is 0 Å². The molecule has 0 radical (unpaired) electrons. The van der Waals surface area contributed by atoms with Crippen molar-refractivity contribution in [3.63, 3.8) is 0 Å². The third kappa shape index (κ3) is 16.3. The van der Waals surface area contributed by atoms with Crippen molar-refractivity contribution in [2.24, 2.45) is 0 Å². The Balaban J connectivity index is 3.61. The van der Waals surface area contributed by atoms with Gasteiger partial charge in [0, 0.05) is 6.42 Å². The largest absolute Gasteiger partial charge is 0.481 e. The highest BCUT2D eigenvalue weighted by Crippen LogP contribution is 2.05. The summed E-state index contributed by atoms with van der Waals surface area (Å²) >= 11 is 0. The van der Waals surface area contributed by atoms with E-state index in [2.05, 4.69) is 31.2 Å². The van der Waals surface area contributed by atoms with Gasteiger partial charge in [-0.15, -0.1) is 0 Å². The SMILES string of the molecule is CC/C=C/C/C=C/C/C=C/C=C/C(O)CCCCC(=O)O. The lowest BCUT2D eigenvalue weighted by Crippen LogP contribution is -2.02. The predicted molar refractivity (Wildman–Crippen MR) is 88.2 cm³/mol. The fourth-order valence-corrected chi connectivity index (χ4v) is 1.69. The summed E-state index contributed by atoms with van der Waals surface area (Å²) in [7, 11) is 0. The Hall–Kier alpha value is -1.61. The molecule has 0 heterocycles. The number of rotatable bonds is 12. The lowest BCUT2D eigenvalue weighted by molar-refractivity contribution is -0.137. The van der Waals surface area contributed by atoms with Gasteiger partial charge in [-0.25, -0.2) is 0 Å². The molecule has 0 aliphatic carbocycles. The van der Waals surface area contributed by atoms with Gasteiger partial charge < -0.3 is 10.2 Å². The molecular weight excluding hydrogens is 264 g/mol. The molecule has 0 aromatic carbocycles. The van der Waals surface area contributed by atoms with Crippen LogP contribution in [0.4, 0.5) is 0 Å². The van der Waals surface area contributed by atoms with Crippen LogP contribution in [0.5, 0.6) is 0 Å². The molecule has 0 amide bonds. The van der Waals surface area contributed by atoms with Gasteiger partial charge in [0.05, 0.1) is 6.10 Å². The van der Waals surface area contributed by atoms with Crippen molar-refractivity contribution in [2.75, 3.05) is 0 Å². The van der Waals surface area contributed by atoms with E-state index >= 15 is 0 Å². The second kappa shape index (κ2) is 14.8. The van der Waals surface area contributed by atoms with E-state index in [-0.39, 0.29) is 6.42 Å². The lowest BCUT2D eigenvalue weighted by Gasteiger charge is -2.03. The van der Waals surface area contributed by atoms with Gasteiger partial charge >= 0.3 is 5.97 Å². The molecule has 0 spiro atoms. The van der Waals surface area contributed by atoms with Gasteiger partial charge in [-0.05, 0) is 38.5 Å². The first-order chi connectivity index (χ1) is 10.2. The standard InChI is InChI=1S/C18H28O3/c1-2-3-4-5-6-7-8-9-10-11-14-17(19)15-12-13-16-18(20)21/h3-4,6-7,9-11,14,17,19H,2,5,8,12-13,15-16H2,1H3,(H,20,21)/b4-3+,7-6+,10-9+,14-11+. The summed E-state index contributed by atoms with van der Waals surface area (Å²) in [6.45, 7) is 2.12. The van der Waals surface area contributed by atoms with Crippen molar-refractivity contribution in [3.05, 3.63) is 48.6 Å². The Bertz CT molecular complexity index is 365. The monoisotopic (exact) mass is 292 g/mol. The summed E-state index contributed by atoms with van der Waals surface area (Å²) in [6, 6.07) is 0. The van der Waals surface area contributed by atoms with Crippen LogP contribution >= 0.6 is 0 Å². The molecule has 3 nitrogen and oxygen atoms in total. The molecule has 118 valence electrons. The summed E-state index contributed by atoms with van der Waals surface area (Å²) < 4.78 is 0. The Kier molecular flexibility index (Phi) is 13.7. The van der Waals surface area contributed by atoms with Crippen LogP contribution in [0.2, 0.25) is 0 Å². The zero-order valence-electron chi connectivity index (χ0n) is 12.9. The molecule has 0 aliphatic heterocycles. The Labute approximate surface area is 128 Å². The van der Waals surface area contributed by atoms with E-state index < -0.39 is 12.1 Å². The minimum absolute atomic E-state index is 0.177. The zero-order chi connectivity index (χ0) is 15.8. The number of allylic oxidation sites excluding steroid dienone is 7. The molecule has 1 atom stereocenters. The van der Waals surface area contributed by atoms with E-state index in [1.807, 2.05) is 18.2 Å². The normalized spacial score (nSPS) is 14.0. The molecule has 0 aromatic heterocycles. The minimum Gasteiger partial charge on any atom is -0.481 e. The summed E-state index contributed by atoms with van der Waals surface area (Å²) in [4.78, 5) is 10.3. The van der Waals surface area contributed by atoms with Crippen LogP contribution in [0, 0.1) is 0 Å². The van der Waals surface area contributed by atoms with Gasteiger partial charge in [0.15, 0.2) is 0 Å². The highest BCUT2D eigenvalue weighted by Gasteiger charge is 2.00. The molecule has 0 rings (SSSR count). The number of carbonyl (C=O) groups is 1. The average Bonchev–Trinajstić information content (AvgIpc) is 2.45. The van der Waals surface area contributed by atoms with Crippen molar-refractivity contribution in [1.82, 2.24) is 0 Å². The maximum absolute atomic E-state index is 10.3. The maximum Gasteiger partial charge on any atom is 0.303 e. The predicted octanol–water partition coefficient (Wildman–Crippen LogP) is 4.41. The van der Waals surface area contributed by atoms with Crippen LogP contribution in [-0.2, 0) is 4.79 Å². The zero-order valence-corrected chi connectivity index (χ0v) is 12.9. The van der Waals surface area contributed by atoms with Gasteiger partial charge in [0.2, 0.25) is 0 Å². The fraction of sp³-hybridized carbons (Fsp3) is 0.500. The molecule has 0 aliphatic rings. The van der Waals surface area contributed by atoms with E-state index in [1.54, 1.807) is 6.08 Å². The van der Waals surface area contributed by atoms with E-state index in [4.69, 9.17) is 5.11 Å². The molecule has 0 fully saturated rings. The van der Waals surface area contributed by atoms with Gasteiger partial charge in [-0.1, -0.05) is 55.5 Å². The lowest BCUT2D eigenvalue weighted by atomic mass is 10.1. The number of aliphatic carboxylic acids is 1. The van der Waals surface area contributed by atoms with E-state index in [0.717, 1.165) is 25.7 Å². The van der Waals surface area contributed by atoms with Crippen molar-refractivity contribution < 1.29 is 15.0 Å². The van der Waals surface area contributed by atoms with Crippen LogP contribution in [-0.4, -0.2) is 22.3 Å². The minimum atomic E-state index is -0.777. The average molecular weight is 292 g/mol. The number of aliphatic hydroxyl groups excluding tert-OH is 1. The number of hydrogen-bond donors (Lipinski definition) is 2. The molecule has 0 saturated heterocycles. The van der Waals surface area contributed by atoms with Crippen molar-refractivity contribution in [3.8, 4) is 0 Å². The van der Waals surface area contributed by atoms with Crippen LogP contribution in [0.15, 0.2) is 48.6 Å². The Morgan fingerprint density at radius 3 is 2.33 bits per heavy atom. The first kappa shape index (κ1) is 19.4. The molecule has 0 bridgehead atoms. The molecular formula is C18H28O3. The maximum atomic E-state index is 10.3. The molecule has 3 heteroatoms.